The Kier molecular flexibility index (Phi) is 5.72. The standard InChI is InChI=1S/C25H35ClN2O3/c1-15-17-4-7-25(2,3)31-23(17)18(10-22(15)26)24(29)27-11-19-20-13-28(14-21(19)20)12-16-5-8-30-9-6-16/h10,16,19-21H,4-9,11-14H2,1-3H3,(H,27,29). The number of halogens is 1. The van der Waals surface area contributed by atoms with Gasteiger partial charge in [0.15, 0.2) is 0 Å². The van der Waals surface area contributed by atoms with Crippen LogP contribution in [-0.2, 0) is 11.2 Å². The van der Waals surface area contributed by atoms with Gasteiger partial charge < -0.3 is 19.7 Å². The molecule has 1 aromatic rings. The van der Waals surface area contributed by atoms with Crippen molar-refractivity contribution >= 4 is 17.5 Å². The lowest BCUT2D eigenvalue weighted by molar-refractivity contribution is 0.0535. The van der Waals surface area contributed by atoms with Gasteiger partial charge in [-0.05, 0) is 87.3 Å². The molecule has 0 aromatic heterocycles. The van der Waals surface area contributed by atoms with Crippen molar-refractivity contribution < 1.29 is 14.3 Å². The first-order valence-corrected chi connectivity index (χ1v) is 12.3. The lowest BCUT2D eigenvalue weighted by Crippen LogP contribution is -2.36. The first-order valence-electron chi connectivity index (χ1n) is 11.9. The van der Waals surface area contributed by atoms with Crippen LogP contribution in [0.2, 0.25) is 5.02 Å². The molecule has 1 N–H and O–H groups in total. The third kappa shape index (κ3) is 4.34. The first kappa shape index (κ1) is 21.5. The maximum absolute atomic E-state index is 13.1. The molecule has 0 spiro atoms. The van der Waals surface area contributed by atoms with E-state index in [0.717, 1.165) is 67.2 Å². The summed E-state index contributed by atoms with van der Waals surface area (Å²) in [6.07, 6.45) is 4.23. The van der Waals surface area contributed by atoms with Gasteiger partial charge in [0.1, 0.15) is 11.4 Å². The van der Waals surface area contributed by atoms with Crippen LogP contribution in [0, 0.1) is 30.6 Å². The molecule has 3 heterocycles. The number of piperidine rings is 1. The van der Waals surface area contributed by atoms with Crippen molar-refractivity contribution in [3.05, 3.63) is 27.8 Å². The molecule has 31 heavy (non-hydrogen) atoms. The summed E-state index contributed by atoms with van der Waals surface area (Å²) >= 11 is 6.47. The highest BCUT2D eigenvalue weighted by atomic mass is 35.5. The molecule has 170 valence electrons. The number of nitrogens with zero attached hydrogens (tertiary/aromatic N) is 1. The summed E-state index contributed by atoms with van der Waals surface area (Å²) in [4.78, 5) is 15.7. The van der Waals surface area contributed by atoms with Crippen molar-refractivity contribution in [3.63, 3.8) is 0 Å². The second kappa shape index (κ2) is 8.24. The zero-order valence-corrected chi connectivity index (χ0v) is 19.8. The Morgan fingerprint density at radius 2 is 1.97 bits per heavy atom. The van der Waals surface area contributed by atoms with Crippen molar-refractivity contribution in [1.82, 2.24) is 10.2 Å². The first-order chi connectivity index (χ1) is 14.8. The molecule has 1 saturated carbocycles. The highest BCUT2D eigenvalue weighted by Crippen LogP contribution is 2.51. The van der Waals surface area contributed by atoms with E-state index < -0.39 is 0 Å². The highest BCUT2D eigenvalue weighted by Gasteiger charge is 2.55. The maximum Gasteiger partial charge on any atom is 0.255 e. The second-order valence-corrected chi connectivity index (χ2v) is 11.1. The molecule has 3 fully saturated rings. The fraction of sp³-hybridized carbons (Fsp3) is 0.720. The van der Waals surface area contributed by atoms with Crippen LogP contribution in [-0.4, -0.2) is 55.8 Å². The van der Waals surface area contributed by atoms with E-state index in [9.17, 15) is 4.79 Å². The Balaban J connectivity index is 1.17. The molecule has 1 aliphatic carbocycles. The SMILES string of the molecule is Cc1c(Cl)cc(C(=O)NCC2C3CN(CC4CCOCC4)CC23)c2c1CCC(C)(C)O2. The van der Waals surface area contributed by atoms with Crippen LogP contribution < -0.4 is 10.1 Å². The lowest BCUT2D eigenvalue weighted by Gasteiger charge is -2.34. The molecule has 4 aliphatic rings. The topological polar surface area (TPSA) is 50.8 Å². The Morgan fingerprint density at radius 3 is 2.68 bits per heavy atom. The number of benzene rings is 1. The molecule has 1 aromatic carbocycles. The number of fused-ring (bicyclic) bond motifs is 2. The number of ether oxygens (including phenoxy) is 2. The normalized spacial score (nSPS) is 29.7. The van der Waals surface area contributed by atoms with E-state index in [0.29, 0.717) is 16.5 Å². The van der Waals surface area contributed by atoms with Gasteiger partial charge in [-0.2, -0.15) is 0 Å². The lowest BCUT2D eigenvalue weighted by atomic mass is 9.90. The zero-order chi connectivity index (χ0) is 21.8. The number of hydrogen-bond donors (Lipinski definition) is 1. The largest absolute Gasteiger partial charge is 0.487 e. The van der Waals surface area contributed by atoms with Crippen LogP contribution in [0.25, 0.3) is 0 Å². The predicted octanol–water partition coefficient (Wildman–Crippen LogP) is 4.09. The molecule has 2 atom stereocenters. The highest BCUT2D eigenvalue weighted by molar-refractivity contribution is 6.32. The molecule has 5 nitrogen and oxygen atoms in total. The minimum Gasteiger partial charge on any atom is -0.487 e. The van der Waals surface area contributed by atoms with Crippen molar-refractivity contribution in [2.75, 3.05) is 39.4 Å². The van der Waals surface area contributed by atoms with Crippen molar-refractivity contribution in [3.8, 4) is 5.75 Å². The van der Waals surface area contributed by atoms with Crippen LogP contribution in [0.3, 0.4) is 0 Å². The van der Waals surface area contributed by atoms with Crippen LogP contribution in [0.5, 0.6) is 5.75 Å². The van der Waals surface area contributed by atoms with Crippen LogP contribution in [0.4, 0.5) is 0 Å². The average molecular weight is 447 g/mol. The predicted molar refractivity (Wildman–Crippen MR) is 122 cm³/mol. The molecule has 5 rings (SSSR count). The number of rotatable bonds is 5. The molecule has 1 amide bonds. The summed E-state index contributed by atoms with van der Waals surface area (Å²) in [5.41, 5.74) is 2.45. The Labute approximate surface area is 190 Å². The summed E-state index contributed by atoms with van der Waals surface area (Å²) in [7, 11) is 0. The quantitative estimate of drug-likeness (QED) is 0.740. The fourth-order valence-electron chi connectivity index (χ4n) is 5.91. The molecule has 6 heteroatoms. The Bertz CT molecular complexity index is 853. The van der Waals surface area contributed by atoms with E-state index in [1.54, 1.807) is 6.07 Å². The number of hydrogen-bond acceptors (Lipinski definition) is 4. The number of carbonyl (C=O) groups excluding carboxylic acids is 1. The van der Waals surface area contributed by atoms with E-state index in [4.69, 9.17) is 21.1 Å². The molecule has 2 saturated heterocycles. The van der Waals surface area contributed by atoms with Crippen LogP contribution >= 0.6 is 11.6 Å². The van der Waals surface area contributed by atoms with E-state index in [1.165, 1.54) is 32.5 Å². The monoisotopic (exact) mass is 446 g/mol. The second-order valence-electron chi connectivity index (χ2n) is 10.7. The summed E-state index contributed by atoms with van der Waals surface area (Å²) in [5.74, 6) is 3.57. The number of likely N-dealkylation sites (tertiary alicyclic amines) is 1. The molecular formula is C25H35ClN2O3. The third-order valence-electron chi connectivity index (χ3n) is 8.00. The molecular weight excluding hydrogens is 412 g/mol. The van der Waals surface area contributed by atoms with Gasteiger partial charge in [-0.1, -0.05) is 11.6 Å². The van der Waals surface area contributed by atoms with Gasteiger partial charge in [0, 0.05) is 44.4 Å². The molecule has 3 aliphatic heterocycles. The average Bonchev–Trinajstić information content (AvgIpc) is 3.19. The summed E-state index contributed by atoms with van der Waals surface area (Å²) < 4.78 is 11.7. The van der Waals surface area contributed by atoms with Crippen molar-refractivity contribution in [2.45, 2.75) is 52.1 Å². The fourth-order valence-corrected chi connectivity index (χ4v) is 6.13. The summed E-state index contributed by atoms with van der Waals surface area (Å²) in [6, 6.07) is 1.79. The number of amides is 1. The van der Waals surface area contributed by atoms with Crippen LogP contribution in [0.15, 0.2) is 6.07 Å². The third-order valence-corrected chi connectivity index (χ3v) is 8.40. The summed E-state index contributed by atoms with van der Waals surface area (Å²) in [6.45, 7) is 12.4. The maximum atomic E-state index is 13.1. The van der Waals surface area contributed by atoms with E-state index >= 15 is 0 Å². The van der Waals surface area contributed by atoms with Gasteiger partial charge in [-0.25, -0.2) is 0 Å². The van der Waals surface area contributed by atoms with E-state index in [-0.39, 0.29) is 11.5 Å². The molecule has 0 bridgehead atoms. The number of nitrogens with one attached hydrogen (secondary N) is 1. The van der Waals surface area contributed by atoms with Gasteiger partial charge in [0.05, 0.1) is 5.56 Å². The smallest absolute Gasteiger partial charge is 0.255 e. The van der Waals surface area contributed by atoms with E-state index in [2.05, 4.69) is 24.1 Å². The van der Waals surface area contributed by atoms with Gasteiger partial charge in [-0.15, -0.1) is 0 Å². The van der Waals surface area contributed by atoms with Gasteiger partial charge in [0.25, 0.3) is 5.91 Å². The summed E-state index contributed by atoms with van der Waals surface area (Å²) in [5, 5.41) is 3.85. The molecule has 0 radical (unpaired) electrons. The zero-order valence-electron chi connectivity index (χ0n) is 19.0. The minimum absolute atomic E-state index is 0.0557. The Morgan fingerprint density at radius 1 is 1.26 bits per heavy atom. The molecule has 2 unspecified atom stereocenters. The van der Waals surface area contributed by atoms with Crippen LogP contribution in [0.1, 0.15) is 54.6 Å². The van der Waals surface area contributed by atoms with E-state index in [1.807, 2.05) is 6.92 Å². The van der Waals surface area contributed by atoms with Crippen molar-refractivity contribution in [2.24, 2.45) is 23.7 Å². The van der Waals surface area contributed by atoms with Gasteiger partial charge in [0.2, 0.25) is 0 Å². The minimum atomic E-state index is -0.260. The Hall–Kier alpha value is -1.30. The van der Waals surface area contributed by atoms with Gasteiger partial charge in [-0.3, -0.25) is 4.79 Å². The number of carbonyl (C=O) groups is 1. The van der Waals surface area contributed by atoms with Gasteiger partial charge >= 0.3 is 0 Å². The van der Waals surface area contributed by atoms with Crippen molar-refractivity contribution in [1.29, 1.82) is 0 Å².